The van der Waals surface area contributed by atoms with Gasteiger partial charge in [0.15, 0.2) is 0 Å². The lowest BCUT2D eigenvalue weighted by atomic mass is 9.81. The molecule has 0 radical (unpaired) electrons. The van der Waals surface area contributed by atoms with Crippen LogP contribution in [0.4, 0.5) is 10.5 Å². The molecule has 1 heterocycles. The van der Waals surface area contributed by atoms with Crippen molar-refractivity contribution in [2.24, 2.45) is 5.41 Å². The molecule has 8 nitrogen and oxygen atoms in total. The van der Waals surface area contributed by atoms with Gasteiger partial charge in [0.05, 0.1) is 23.1 Å². The molecule has 28 heavy (non-hydrogen) atoms. The predicted molar refractivity (Wildman–Crippen MR) is 102 cm³/mol. The standard InChI is InChI=1S/C20H22N2O6/c1-20(2,3)18(21-19(23)24)15-10-13(6-7-16(15)22(25)26)28-14-5-4-12-8-9-27-17(12)11-14/h4-7,10-11,18,21H,8-9H2,1-3H3,(H,23,24). The number of rotatable bonds is 5. The first-order valence-electron chi connectivity index (χ1n) is 8.86. The average Bonchev–Trinajstić information content (AvgIpc) is 3.06. The summed E-state index contributed by atoms with van der Waals surface area (Å²) in [6.07, 6.45) is -0.401. The number of nitrogens with one attached hydrogen (secondary N) is 1. The van der Waals surface area contributed by atoms with E-state index < -0.39 is 22.5 Å². The predicted octanol–water partition coefficient (Wildman–Crippen LogP) is 4.68. The summed E-state index contributed by atoms with van der Waals surface area (Å²) in [6, 6.07) is 9.06. The molecule has 8 heteroatoms. The minimum absolute atomic E-state index is 0.168. The molecule has 0 saturated carbocycles. The van der Waals surface area contributed by atoms with Crippen LogP contribution < -0.4 is 14.8 Å². The first-order chi connectivity index (χ1) is 13.1. The Hall–Kier alpha value is -3.29. The van der Waals surface area contributed by atoms with Gasteiger partial charge < -0.3 is 19.9 Å². The van der Waals surface area contributed by atoms with Crippen molar-refractivity contribution in [1.82, 2.24) is 5.32 Å². The number of nitro benzene ring substituents is 1. The molecule has 0 aromatic heterocycles. The van der Waals surface area contributed by atoms with Gasteiger partial charge in [-0.15, -0.1) is 0 Å². The SMILES string of the molecule is CC(C)(C)C(NC(=O)O)c1cc(Oc2ccc3c(c2)OCC3)ccc1[N+](=O)[O-]. The number of nitro groups is 1. The van der Waals surface area contributed by atoms with Crippen LogP contribution in [0.25, 0.3) is 0 Å². The van der Waals surface area contributed by atoms with Crippen molar-refractivity contribution < 1.29 is 24.3 Å². The number of carboxylic acid groups (broad SMARTS) is 1. The zero-order chi connectivity index (χ0) is 20.5. The van der Waals surface area contributed by atoms with E-state index in [0.717, 1.165) is 17.7 Å². The quantitative estimate of drug-likeness (QED) is 0.570. The van der Waals surface area contributed by atoms with Crippen molar-refractivity contribution in [3.63, 3.8) is 0 Å². The number of benzene rings is 2. The van der Waals surface area contributed by atoms with Gasteiger partial charge in [-0.2, -0.15) is 0 Å². The van der Waals surface area contributed by atoms with E-state index >= 15 is 0 Å². The Morgan fingerprint density at radius 3 is 2.57 bits per heavy atom. The van der Waals surface area contributed by atoms with Crippen LogP contribution in [0, 0.1) is 15.5 Å². The first-order valence-corrected chi connectivity index (χ1v) is 8.86. The molecule has 1 aliphatic heterocycles. The Balaban J connectivity index is 1.99. The second-order valence-electron chi connectivity index (χ2n) is 7.70. The summed E-state index contributed by atoms with van der Waals surface area (Å²) in [5.41, 5.74) is 0.590. The molecule has 0 saturated heterocycles. The Labute approximate surface area is 162 Å². The Bertz CT molecular complexity index is 919. The lowest BCUT2D eigenvalue weighted by Crippen LogP contribution is -2.36. The largest absolute Gasteiger partial charge is 0.493 e. The summed E-state index contributed by atoms with van der Waals surface area (Å²) in [7, 11) is 0. The maximum absolute atomic E-state index is 11.5. The first kappa shape index (κ1) is 19.5. The summed E-state index contributed by atoms with van der Waals surface area (Å²) in [5, 5.41) is 23.1. The highest BCUT2D eigenvalue weighted by Gasteiger charge is 2.33. The Kier molecular flexibility index (Phi) is 5.13. The molecule has 1 amide bonds. The lowest BCUT2D eigenvalue weighted by Gasteiger charge is -2.30. The van der Waals surface area contributed by atoms with E-state index in [-0.39, 0.29) is 11.3 Å². The highest BCUT2D eigenvalue weighted by molar-refractivity contribution is 5.66. The summed E-state index contributed by atoms with van der Waals surface area (Å²) >= 11 is 0. The van der Waals surface area contributed by atoms with Crippen LogP contribution in [0.1, 0.15) is 37.9 Å². The molecule has 0 spiro atoms. The van der Waals surface area contributed by atoms with E-state index in [4.69, 9.17) is 9.47 Å². The topological polar surface area (TPSA) is 111 Å². The number of fused-ring (bicyclic) bond motifs is 1. The molecular formula is C20H22N2O6. The second-order valence-corrected chi connectivity index (χ2v) is 7.70. The van der Waals surface area contributed by atoms with Crippen molar-refractivity contribution in [1.29, 1.82) is 0 Å². The van der Waals surface area contributed by atoms with Gasteiger partial charge >= 0.3 is 6.09 Å². The summed E-state index contributed by atoms with van der Waals surface area (Å²) in [5.74, 6) is 1.68. The third kappa shape index (κ3) is 4.16. The molecule has 2 N–H and O–H groups in total. The fraction of sp³-hybridized carbons (Fsp3) is 0.350. The van der Waals surface area contributed by atoms with Crippen LogP contribution in [-0.4, -0.2) is 22.7 Å². The van der Waals surface area contributed by atoms with Gasteiger partial charge in [0, 0.05) is 18.6 Å². The van der Waals surface area contributed by atoms with Crippen molar-refractivity contribution in [3.8, 4) is 17.2 Å². The minimum Gasteiger partial charge on any atom is -0.493 e. The van der Waals surface area contributed by atoms with Gasteiger partial charge in [-0.05, 0) is 29.2 Å². The van der Waals surface area contributed by atoms with Crippen LogP contribution >= 0.6 is 0 Å². The molecule has 1 aliphatic rings. The lowest BCUT2D eigenvalue weighted by molar-refractivity contribution is -0.386. The number of nitrogens with zero attached hydrogens (tertiary/aromatic N) is 1. The minimum atomic E-state index is -1.25. The van der Waals surface area contributed by atoms with Crippen LogP contribution in [0.5, 0.6) is 17.2 Å². The number of amides is 1. The summed E-state index contributed by atoms with van der Waals surface area (Å²) < 4.78 is 11.4. The monoisotopic (exact) mass is 386 g/mol. The van der Waals surface area contributed by atoms with Gasteiger partial charge in [0.25, 0.3) is 5.69 Å². The van der Waals surface area contributed by atoms with E-state index in [1.165, 1.54) is 18.2 Å². The number of hydrogen-bond acceptors (Lipinski definition) is 5. The molecule has 3 rings (SSSR count). The molecule has 2 aromatic rings. The number of carbonyl (C=O) groups is 1. The van der Waals surface area contributed by atoms with Gasteiger partial charge in [-0.3, -0.25) is 10.1 Å². The molecule has 0 bridgehead atoms. The van der Waals surface area contributed by atoms with Gasteiger partial charge in [-0.25, -0.2) is 4.79 Å². The maximum atomic E-state index is 11.5. The van der Waals surface area contributed by atoms with Crippen molar-refractivity contribution in [3.05, 3.63) is 57.6 Å². The normalized spacial score (nSPS) is 14.0. The average molecular weight is 386 g/mol. The fourth-order valence-corrected chi connectivity index (χ4v) is 3.22. The molecule has 1 unspecified atom stereocenters. The van der Waals surface area contributed by atoms with Crippen molar-refractivity contribution in [2.45, 2.75) is 33.2 Å². The summed E-state index contributed by atoms with van der Waals surface area (Å²) in [6.45, 7) is 6.06. The Morgan fingerprint density at radius 1 is 1.25 bits per heavy atom. The fourth-order valence-electron chi connectivity index (χ4n) is 3.22. The third-order valence-electron chi connectivity index (χ3n) is 4.54. The third-order valence-corrected chi connectivity index (χ3v) is 4.54. The van der Waals surface area contributed by atoms with Crippen molar-refractivity contribution in [2.75, 3.05) is 6.61 Å². The molecule has 1 atom stereocenters. The zero-order valence-corrected chi connectivity index (χ0v) is 15.9. The highest BCUT2D eigenvalue weighted by atomic mass is 16.6. The smallest absolute Gasteiger partial charge is 0.405 e. The van der Waals surface area contributed by atoms with E-state index in [2.05, 4.69) is 5.32 Å². The second kappa shape index (κ2) is 7.38. The number of ether oxygens (including phenoxy) is 2. The molecule has 0 aliphatic carbocycles. The summed E-state index contributed by atoms with van der Waals surface area (Å²) in [4.78, 5) is 22.3. The zero-order valence-electron chi connectivity index (χ0n) is 15.9. The van der Waals surface area contributed by atoms with Gasteiger partial charge in [0.2, 0.25) is 0 Å². The van der Waals surface area contributed by atoms with Crippen LogP contribution in [0.3, 0.4) is 0 Å². The maximum Gasteiger partial charge on any atom is 0.405 e. The van der Waals surface area contributed by atoms with E-state index in [0.29, 0.717) is 18.1 Å². The van der Waals surface area contributed by atoms with E-state index in [1.54, 1.807) is 6.07 Å². The highest BCUT2D eigenvalue weighted by Crippen LogP contribution is 2.40. The number of hydrogen-bond donors (Lipinski definition) is 2. The molecular weight excluding hydrogens is 364 g/mol. The van der Waals surface area contributed by atoms with Crippen LogP contribution in [0.15, 0.2) is 36.4 Å². The van der Waals surface area contributed by atoms with E-state index in [9.17, 15) is 20.0 Å². The van der Waals surface area contributed by atoms with Crippen molar-refractivity contribution >= 4 is 11.8 Å². The van der Waals surface area contributed by atoms with Crippen LogP contribution in [-0.2, 0) is 6.42 Å². The van der Waals surface area contributed by atoms with Crippen LogP contribution in [0.2, 0.25) is 0 Å². The van der Waals surface area contributed by atoms with Gasteiger partial charge in [0.1, 0.15) is 17.2 Å². The molecule has 2 aromatic carbocycles. The van der Waals surface area contributed by atoms with Gasteiger partial charge in [-0.1, -0.05) is 26.8 Å². The molecule has 148 valence electrons. The van der Waals surface area contributed by atoms with E-state index in [1.807, 2.05) is 32.9 Å². The Morgan fingerprint density at radius 2 is 1.93 bits per heavy atom. The molecule has 0 fully saturated rings.